The molecule has 2 N–H and O–H groups in total. The van der Waals surface area contributed by atoms with E-state index >= 15 is 0 Å². The van der Waals surface area contributed by atoms with Gasteiger partial charge in [-0.15, -0.1) is 0 Å². The Hall–Kier alpha value is -0.310. The Morgan fingerprint density at radius 3 is 1.90 bits per heavy atom. The molecule has 0 spiro atoms. The van der Waals surface area contributed by atoms with Crippen LogP contribution in [0.5, 0.6) is 0 Å². The Morgan fingerprint density at radius 1 is 0.750 bits per heavy atom. The van der Waals surface area contributed by atoms with Gasteiger partial charge in [-0.05, 0) is 49.7 Å². The van der Waals surface area contributed by atoms with Crippen molar-refractivity contribution in [2.24, 2.45) is 11.8 Å². The van der Waals surface area contributed by atoms with Crippen LogP contribution in [0.15, 0.2) is 0 Å². The van der Waals surface area contributed by atoms with E-state index < -0.39 is 0 Å². The molecular formula is C17H32N2S. The molecule has 0 aromatic carbocycles. The molecule has 2 rings (SSSR count). The maximum atomic E-state index is 5.58. The molecule has 2 nitrogen and oxygen atoms in total. The van der Waals surface area contributed by atoms with Gasteiger partial charge in [0.2, 0.25) is 0 Å². The van der Waals surface area contributed by atoms with E-state index in [1.807, 2.05) is 0 Å². The van der Waals surface area contributed by atoms with Gasteiger partial charge in [0.15, 0.2) is 5.11 Å². The number of thiocarbonyl (C=S) groups is 1. The molecule has 2 atom stereocenters. The Labute approximate surface area is 130 Å². The van der Waals surface area contributed by atoms with Gasteiger partial charge in [0.05, 0.1) is 0 Å². The molecule has 0 amide bonds. The molecular weight excluding hydrogens is 264 g/mol. The minimum Gasteiger partial charge on any atom is -0.360 e. The summed E-state index contributed by atoms with van der Waals surface area (Å²) < 4.78 is 0. The first-order valence-corrected chi connectivity index (χ1v) is 9.14. The van der Waals surface area contributed by atoms with Crippen LogP contribution in [0.2, 0.25) is 0 Å². The predicted molar refractivity (Wildman–Crippen MR) is 90.9 cm³/mol. The van der Waals surface area contributed by atoms with Crippen molar-refractivity contribution in [3.8, 4) is 0 Å². The first kappa shape index (κ1) is 16.1. The van der Waals surface area contributed by atoms with Crippen LogP contribution in [0, 0.1) is 11.8 Å². The zero-order chi connectivity index (χ0) is 14.4. The molecule has 2 fully saturated rings. The van der Waals surface area contributed by atoms with Crippen LogP contribution in [-0.4, -0.2) is 17.2 Å². The van der Waals surface area contributed by atoms with Crippen molar-refractivity contribution in [3.05, 3.63) is 0 Å². The van der Waals surface area contributed by atoms with Crippen LogP contribution >= 0.6 is 12.2 Å². The summed E-state index contributed by atoms with van der Waals surface area (Å²) in [5.41, 5.74) is 0. The zero-order valence-electron chi connectivity index (χ0n) is 13.3. The predicted octanol–water partition coefficient (Wildman–Crippen LogP) is 4.39. The Bertz CT molecular complexity index is 287. The third-order valence-corrected chi connectivity index (χ3v) is 5.52. The molecule has 2 unspecified atom stereocenters. The highest BCUT2D eigenvalue weighted by Crippen LogP contribution is 2.28. The summed E-state index contributed by atoms with van der Waals surface area (Å²) in [7, 11) is 0. The summed E-state index contributed by atoms with van der Waals surface area (Å²) in [5, 5.41) is 8.12. The number of nitrogens with one attached hydrogen (secondary N) is 2. The summed E-state index contributed by atoms with van der Waals surface area (Å²) in [6.07, 6.45) is 13.6. The molecule has 20 heavy (non-hydrogen) atoms. The molecule has 2 aliphatic carbocycles. The normalized spacial score (nSPS) is 33.0. The van der Waals surface area contributed by atoms with Crippen molar-refractivity contribution >= 4 is 17.3 Å². The lowest BCUT2D eigenvalue weighted by Crippen LogP contribution is -2.51. The highest BCUT2D eigenvalue weighted by atomic mass is 32.1. The quantitative estimate of drug-likeness (QED) is 0.739. The van der Waals surface area contributed by atoms with E-state index in [9.17, 15) is 0 Å². The average molecular weight is 297 g/mol. The largest absolute Gasteiger partial charge is 0.360 e. The molecule has 116 valence electrons. The molecule has 2 aliphatic rings. The van der Waals surface area contributed by atoms with Crippen LogP contribution in [0.3, 0.4) is 0 Å². The second-order valence-corrected chi connectivity index (χ2v) is 7.48. The molecule has 0 radical (unpaired) electrons. The van der Waals surface area contributed by atoms with Crippen LogP contribution in [0.4, 0.5) is 0 Å². The second kappa shape index (κ2) is 8.21. The highest BCUT2D eigenvalue weighted by molar-refractivity contribution is 7.80. The molecule has 2 saturated carbocycles. The van der Waals surface area contributed by atoms with E-state index in [0.717, 1.165) is 16.9 Å². The van der Waals surface area contributed by atoms with Crippen molar-refractivity contribution < 1.29 is 0 Å². The summed E-state index contributed by atoms with van der Waals surface area (Å²) >= 11 is 5.58. The summed E-state index contributed by atoms with van der Waals surface area (Å²) in [6.45, 7) is 4.73. The van der Waals surface area contributed by atoms with Crippen molar-refractivity contribution in [3.63, 3.8) is 0 Å². The topological polar surface area (TPSA) is 24.1 Å². The Morgan fingerprint density at radius 2 is 1.30 bits per heavy atom. The third kappa shape index (κ3) is 4.91. The van der Waals surface area contributed by atoms with E-state index in [4.69, 9.17) is 12.2 Å². The number of hydrogen-bond donors (Lipinski definition) is 2. The summed E-state index contributed by atoms with van der Waals surface area (Å²) in [6, 6.07) is 1.17. The van der Waals surface area contributed by atoms with Crippen molar-refractivity contribution in [2.75, 3.05) is 0 Å². The lowest BCUT2D eigenvalue weighted by Gasteiger charge is -2.36. The maximum absolute atomic E-state index is 5.58. The fraction of sp³-hybridized carbons (Fsp3) is 0.941. The molecule has 0 aliphatic heterocycles. The van der Waals surface area contributed by atoms with E-state index in [1.54, 1.807) is 0 Å². The third-order valence-electron chi connectivity index (χ3n) is 5.28. The van der Waals surface area contributed by atoms with Crippen molar-refractivity contribution in [1.29, 1.82) is 0 Å². The fourth-order valence-corrected chi connectivity index (χ4v) is 4.25. The SMILES string of the molecule is CC1CCCC(C)C1NC(=S)NC1CCCCCCC1. The Balaban J connectivity index is 1.78. The summed E-state index contributed by atoms with van der Waals surface area (Å²) in [4.78, 5) is 0. The second-order valence-electron chi connectivity index (χ2n) is 7.07. The van der Waals surface area contributed by atoms with Gasteiger partial charge in [0.1, 0.15) is 0 Å². The highest BCUT2D eigenvalue weighted by Gasteiger charge is 2.28. The lowest BCUT2D eigenvalue weighted by molar-refractivity contribution is 0.230. The average Bonchev–Trinajstić information content (AvgIpc) is 2.37. The molecule has 0 saturated heterocycles. The minimum atomic E-state index is 0.567. The first-order chi connectivity index (χ1) is 9.66. The summed E-state index contributed by atoms with van der Waals surface area (Å²) in [5.74, 6) is 1.49. The van der Waals surface area contributed by atoms with Gasteiger partial charge in [-0.2, -0.15) is 0 Å². The van der Waals surface area contributed by atoms with E-state index in [-0.39, 0.29) is 0 Å². The molecule has 0 aromatic rings. The number of hydrogen-bond acceptors (Lipinski definition) is 1. The maximum Gasteiger partial charge on any atom is 0.166 e. The van der Waals surface area contributed by atoms with E-state index in [2.05, 4.69) is 24.5 Å². The molecule has 0 aromatic heterocycles. The van der Waals surface area contributed by atoms with E-state index in [0.29, 0.717) is 12.1 Å². The fourth-order valence-electron chi connectivity index (χ4n) is 3.95. The van der Waals surface area contributed by atoms with Crippen LogP contribution < -0.4 is 10.6 Å². The zero-order valence-corrected chi connectivity index (χ0v) is 14.1. The van der Waals surface area contributed by atoms with Gasteiger partial charge in [-0.3, -0.25) is 0 Å². The standard InChI is InChI=1S/C17H32N2S/c1-13-9-8-10-14(2)16(13)19-17(20)18-15-11-6-4-3-5-7-12-15/h13-16H,3-12H2,1-2H3,(H2,18,19,20). The van der Waals surface area contributed by atoms with Gasteiger partial charge in [0.25, 0.3) is 0 Å². The lowest BCUT2D eigenvalue weighted by atomic mass is 9.79. The van der Waals surface area contributed by atoms with E-state index in [1.165, 1.54) is 64.2 Å². The van der Waals surface area contributed by atoms with Crippen molar-refractivity contribution in [1.82, 2.24) is 10.6 Å². The van der Waals surface area contributed by atoms with Gasteiger partial charge < -0.3 is 10.6 Å². The minimum absolute atomic E-state index is 0.567. The molecule has 3 heteroatoms. The van der Waals surface area contributed by atoms with Gasteiger partial charge >= 0.3 is 0 Å². The first-order valence-electron chi connectivity index (χ1n) is 8.74. The smallest absolute Gasteiger partial charge is 0.166 e. The van der Waals surface area contributed by atoms with Gasteiger partial charge in [0, 0.05) is 12.1 Å². The van der Waals surface area contributed by atoms with Crippen LogP contribution in [0.1, 0.15) is 78.1 Å². The van der Waals surface area contributed by atoms with Gasteiger partial charge in [-0.1, -0.05) is 52.4 Å². The van der Waals surface area contributed by atoms with Crippen LogP contribution in [-0.2, 0) is 0 Å². The van der Waals surface area contributed by atoms with Crippen molar-refractivity contribution in [2.45, 2.75) is 90.1 Å². The number of rotatable bonds is 2. The Kier molecular flexibility index (Phi) is 6.60. The monoisotopic (exact) mass is 296 g/mol. The molecule has 0 heterocycles. The van der Waals surface area contributed by atoms with Crippen LogP contribution in [0.25, 0.3) is 0 Å². The van der Waals surface area contributed by atoms with Gasteiger partial charge in [-0.25, -0.2) is 0 Å². The molecule has 0 bridgehead atoms.